The Kier molecular flexibility index (Phi) is 4.86. The van der Waals surface area contributed by atoms with E-state index in [1.807, 2.05) is 0 Å². The van der Waals surface area contributed by atoms with Crippen molar-refractivity contribution in [2.24, 2.45) is 0 Å². The standard InChI is InChI=1S/C15H14Cl2FNO/c1-9-4-11(18)7-12(5-9)19-8-15(20)13-6-10(16)2-3-14(13)17/h2-7,15,19-20H,8H2,1H3. The van der Waals surface area contributed by atoms with Gasteiger partial charge in [0.1, 0.15) is 5.82 Å². The fourth-order valence-electron chi connectivity index (χ4n) is 1.93. The summed E-state index contributed by atoms with van der Waals surface area (Å²) in [7, 11) is 0. The van der Waals surface area contributed by atoms with Crippen LogP contribution in [-0.2, 0) is 0 Å². The van der Waals surface area contributed by atoms with E-state index in [0.29, 0.717) is 21.3 Å². The van der Waals surface area contributed by atoms with Crippen LogP contribution in [0.3, 0.4) is 0 Å². The number of aryl methyl sites for hydroxylation is 1. The van der Waals surface area contributed by atoms with Gasteiger partial charge in [0, 0.05) is 27.8 Å². The average molecular weight is 314 g/mol. The quantitative estimate of drug-likeness (QED) is 0.865. The molecular weight excluding hydrogens is 300 g/mol. The van der Waals surface area contributed by atoms with Gasteiger partial charge >= 0.3 is 0 Å². The van der Waals surface area contributed by atoms with Crippen molar-refractivity contribution >= 4 is 28.9 Å². The highest BCUT2D eigenvalue weighted by atomic mass is 35.5. The zero-order chi connectivity index (χ0) is 14.7. The van der Waals surface area contributed by atoms with Gasteiger partial charge in [-0.2, -0.15) is 0 Å². The van der Waals surface area contributed by atoms with Crippen LogP contribution in [0.25, 0.3) is 0 Å². The van der Waals surface area contributed by atoms with Gasteiger partial charge < -0.3 is 10.4 Å². The van der Waals surface area contributed by atoms with Gasteiger partial charge in [-0.15, -0.1) is 0 Å². The van der Waals surface area contributed by atoms with Gasteiger partial charge in [-0.1, -0.05) is 23.2 Å². The molecule has 5 heteroatoms. The van der Waals surface area contributed by atoms with Crippen LogP contribution in [0.5, 0.6) is 0 Å². The molecule has 0 bridgehead atoms. The number of anilines is 1. The number of nitrogens with one attached hydrogen (secondary N) is 1. The Bertz CT molecular complexity index is 599. The van der Waals surface area contributed by atoms with Gasteiger partial charge in [0.25, 0.3) is 0 Å². The largest absolute Gasteiger partial charge is 0.387 e. The van der Waals surface area contributed by atoms with E-state index in [9.17, 15) is 9.50 Å². The lowest BCUT2D eigenvalue weighted by atomic mass is 10.1. The second kappa shape index (κ2) is 6.44. The van der Waals surface area contributed by atoms with Gasteiger partial charge in [0.05, 0.1) is 6.10 Å². The second-order valence-corrected chi connectivity index (χ2v) is 5.42. The first-order valence-electron chi connectivity index (χ1n) is 6.10. The molecule has 2 aromatic rings. The lowest BCUT2D eigenvalue weighted by Crippen LogP contribution is -2.12. The van der Waals surface area contributed by atoms with E-state index in [-0.39, 0.29) is 12.4 Å². The molecule has 106 valence electrons. The first-order chi connectivity index (χ1) is 9.45. The molecule has 1 atom stereocenters. The van der Waals surface area contributed by atoms with Gasteiger partial charge in [0.2, 0.25) is 0 Å². The molecule has 2 nitrogen and oxygen atoms in total. The first-order valence-corrected chi connectivity index (χ1v) is 6.85. The van der Waals surface area contributed by atoms with Crippen LogP contribution in [0.15, 0.2) is 36.4 Å². The minimum atomic E-state index is -0.829. The minimum Gasteiger partial charge on any atom is -0.387 e. The Balaban J connectivity index is 2.08. The van der Waals surface area contributed by atoms with Gasteiger partial charge in [-0.25, -0.2) is 4.39 Å². The Morgan fingerprint density at radius 3 is 2.65 bits per heavy atom. The molecule has 0 aliphatic rings. The maximum atomic E-state index is 13.3. The number of hydrogen-bond acceptors (Lipinski definition) is 2. The summed E-state index contributed by atoms with van der Waals surface area (Å²) in [5, 5.41) is 14.1. The predicted octanol–water partition coefficient (Wildman–Crippen LogP) is 4.59. The Hall–Kier alpha value is -1.29. The number of aliphatic hydroxyl groups excluding tert-OH is 1. The lowest BCUT2D eigenvalue weighted by molar-refractivity contribution is 0.191. The summed E-state index contributed by atoms with van der Waals surface area (Å²) in [5.41, 5.74) is 1.96. The van der Waals surface area contributed by atoms with Crippen LogP contribution in [0.1, 0.15) is 17.2 Å². The number of halogens is 3. The van der Waals surface area contributed by atoms with Crippen LogP contribution < -0.4 is 5.32 Å². The van der Waals surface area contributed by atoms with Gasteiger partial charge in [0.15, 0.2) is 0 Å². The second-order valence-electron chi connectivity index (χ2n) is 4.58. The summed E-state index contributed by atoms with van der Waals surface area (Å²) in [5.74, 6) is -0.317. The highest BCUT2D eigenvalue weighted by Gasteiger charge is 2.12. The maximum absolute atomic E-state index is 13.3. The molecule has 0 spiro atoms. The Morgan fingerprint density at radius 1 is 1.20 bits per heavy atom. The van der Waals surface area contributed by atoms with E-state index in [4.69, 9.17) is 23.2 Å². The summed E-state index contributed by atoms with van der Waals surface area (Å²) >= 11 is 11.9. The Morgan fingerprint density at radius 2 is 1.95 bits per heavy atom. The van der Waals surface area contributed by atoms with Crippen molar-refractivity contribution in [3.8, 4) is 0 Å². The fraction of sp³-hybridized carbons (Fsp3) is 0.200. The molecule has 0 aromatic heterocycles. The third-order valence-electron chi connectivity index (χ3n) is 2.86. The molecule has 2 aromatic carbocycles. The summed E-state index contributed by atoms with van der Waals surface area (Å²) in [4.78, 5) is 0. The van der Waals surface area contributed by atoms with Crippen molar-refractivity contribution in [1.82, 2.24) is 0 Å². The van der Waals surface area contributed by atoms with Crippen molar-refractivity contribution in [2.75, 3.05) is 11.9 Å². The summed E-state index contributed by atoms with van der Waals surface area (Å²) in [6.07, 6.45) is -0.829. The summed E-state index contributed by atoms with van der Waals surface area (Å²) in [6, 6.07) is 9.52. The fourth-order valence-corrected chi connectivity index (χ4v) is 2.36. The number of hydrogen-bond donors (Lipinski definition) is 2. The highest BCUT2D eigenvalue weighted by molar-refractivity contribution is 6.33. The van der Waals surface area contributed by atoms with E-state index < -0.39 is 6.10 Å². The van der Waals surface area contributed by atoms with Crippen LogP contribution in [-0.4, -0.2) is 11.7 Å². The molecule has 0 fully saturated rings. The van der Waals surface area contributed by atoms with Crippen molar-refractivity contribution in [3.63, 3.8) is 0 Å². The van der Waals surface area contributed by atoms with Crippen LogP contribution in [0.2, 0.25) is 10.0 Å². The van der Waals surface area contributed by atoms with Crippen molar-refractivity contribution in [1.29, 1.82) is 0 Å². The van der Waals surface area contributed by atoms with E-state index in [0.717, 1.165) is 5.56 Å². The first kappa shape index (κ1) is 15.1. The smallest absolute Gasteiger partial charge is 0.125 e. The van der Waals surface area contributed by atoms with E-state index >= 15 is 0 Å². The topological polar surface area (TPSA) is 32.3 Å². The van der Waals surface area contributed by atoms with Crippen molar-refractivity contribution in [3.05, 3.63) is 63.4 Å². The molecule has 20 heavy (non-hydrogen) atoms. The van der Waals surface area contributed by atoms with E-state index in [1.165, 1.54) is 12.1 Å². The normalized spacial score (nSPS) is 12.2. The number of rotatable bonds is 4. The molecule has 0 heterocycles. The Labute approximate surface area is 127 Å². The van der Waals surface area contributed by atoms with Gasteiger partial charge in [-0.05, 0) is 48.9 Å². The summed E-state index contributed by atoms with van der Waals surface area (Å²) in [6.45, 7) is 2.02. The number of benzene rings is 2. The zero-order valence-corrected chi connectivity index (χ0v) is 12.3. The molecule has 0 aliphatic heterocycles. The van der Waals surface area contributed by atoms with Gasteiger partial charge in [-0.3, -0.25) is 0 Å². The molecular formula is C15H14Cl2FNO. The molecule has 0 aliphatic carbocycles. The zero-order valence-electron chi connectivity index (χ0n) is 10.8. The van der Waals surface area contributed by atoms with Crippen molar-refractivity contribution in [2.45, 2.75) is 13.0 Å². The summed E-state index contributed by atoms with van der Waals surface area (Å²) < 4.78 is 13.3. The minimum absolute atomic E-state index is 0.211. The van der Waals surface area contributed by atoms with Crippen LogP contribution >= 0.6 is 23.2 Å². The van der Waals surface area contributed by atoms with Crippen molar-refractivity contribution < 1.29 is 9.50 Å². The predicted molar refractivity (Wildman–Crippen MR) is 81.0 cm³/mol. The molecule has 0 saturated carbocycles. The lowest BCUT2D eigenvalue weighted by Gasteiger charge is -2.15. The molecule has 2 rings (SSSR count). The molecule has 0 saturated heterocycles. The average Bonchev–Trinajstić information content (AvgIpc) is 2.38. The van der Waals surface area contributed by atoms with E-state index in [1.54, 1.807) is 31.2 Å². The molecule has 1 unspecified atom stereocenters. The van der Waals surface area contributed by atoms with Crippen LogP contribution in [0, 0.1) is 12.7 Å². The third-order valence-corrected chi connectivity index (χ3v) is 3.44. The highest BCUT2D eigenvalue weighted by Crippen LogP contribution is 2.26. The maximum Gasteiger partial charge on any atom is 0.125 e. The molecule has 0 amide bonds. The SMILES string of the molecule is Cc1cc(F)cc(NCC(O)c2cc(Cl)ccc2Cl)c1. The van der Waals surface area contributed by atoms with E-state index in [2.05, 4.69) is 5.32 Å². The third kappa shape index (κ3) is 3.85. The molecule has 0 radical (unpaired) electrons. The van der Waals surface area contributed by atoms with Crippen LogP contribution in [0.4, 0.5) is 10.1 Å². The number of aliphatic hydroxyl groups is 1. The monoisotopic (exact) mass is 313 g/mol. The molecule has 2 N–H and O–H groups in total.